The molecule has 0 saturated heterocycles. The minimum absolute atomic E-state index is 0.252. The Morgan fingerprint density at radius 1 is 1.53 bits per heavy atom. The maximum absolute atomic E-state index is 11.4. The molecule has 0 aliphatic carbocycles. The van der Waals surface area contributed by atoms with Gasteiger partial charge in [-0.2, -0.15) is 11.3 Å². The van der Waals surface area contributed by atoms with Crippen molar-refractivity contribution >= 4 is 23.2 Å². The maximum Gasteiger partial charge on any atom is 0.329 e. The molecule has 1 rings (SSSR count). The lowest BCUT2D eigenvalue weighted by atomic mass is 10.2. The molecule has 1 aromatic heterocycles. The zero-order valence-corrected chi connectivity index (χ0v) is 10.7. The summed E-state index contributed by atoms with van der Waals surface area (Å²) >= 11 is 1.62. The van der Waals surface area contributed by atoms with E-state index in [1.807, 2.05) is 16.8 Å². The highest BCUT2D eigenvalue weighted by molar-refractivity contribution is 7.07. The third-order valence-corrected chi connectivity index (χ3v) is 2.85. The van der Waals surface area contributed by atoms with Crippen LogP contribution in [0.25, 0.3) is 0 Å². The lowest BCUT2D eigenvalue weighted by Crippen LogP contribution is -2.46. The maximum atomic E-state index is 11.4. The van der Waals surface area contributed by atoms with Gasteiger partial charge in [0.15, 0.2) is 0 Å². The monoisotopic (exact) mass is 256 g/mol. The van der Waals surface area contributed by atoms with Gasteiger partial charge in [0.05, 0.1) is 7.11 Å². The highest BCUT2D eigenvalue weighted by Gasteiger charge is 2.19. The van der Waals surface area contributed by atoms with Crippen molar-refractivity contribution in [1.29, 1.82) is 0 Å². The van der Waals surface area contributed by atoms with E-state index in [-0.39, 0.29) is 5.91 Å². The second-order valence-corrected chi connectivity index (χ2v) is 4.32. The molecule has 0 bridgehead atoms. The van der Waals surface area contributed by atoms with E-state index in [1.165, 1.54) is 14.0 Å². The summed E-state index contributed by atoms with van der Waals surface area (Å²) in [4.78, 5) is 22.3. The number of methoxy groups -OCH3 is 1. The van der Waals surface area contributed by atoms with Gasteiger partial charge in [-0.25, -0.2) is 4.79 Å². The fourth-order valence-corrected chi connectivity index (χ4v) is 2.00. The van der Waals surface area contributed by atoms with Crippen LogP contribution < -0.4 is 10.6 Å². The number of amides is 1. The molecule has 0 fully saturated rings. The number of nitrogens with one attached hydrogen (secondary N) is 2. The smallest absolute Gasteiger partial charge is 0.329 e. The Bertz CT molecular complexity index is 365. The zero-order valence-electron chi connectivity index (χ0n) is 9.86. The molecule has 6 heteroatoms. The molecule has 1 aromatic rings. The van der Waals surface area contributed by atoms with Crippen LogP contribution in [0.15, 0.2) is 16.8 Å². The standard InChI is InChI=1S/C11H16N2O3S/c1-8(14)13-10(11(15)16-2)6-12-5-9-3-4-17-7-9/h3-4,7,10,12H,5-6H2,1-2H3,(H,13,14). The van der Waals surface area contributed by atoms with E-state index in [1.54, 1.807) is 11.3 Å². The van der Waals surface area contributed by atoms with Crippen LogP contribution in [0, 0.1) is 0 Å². The Morgan fingerprint density at radius 2 is 2.29 bits per heavy atom. The van der Waals surface area contributed by atoms with Crippen LogP contribution in [0.1, 0.15) is 12.5 Å². The summed E-state index contributed by atoms with van der Waals surface area (Å²) in [6, 6.07) is 1.36. The van der Waals surface area contributed by atoms with E-state index in [0.29, 0.717) is 13.1 Å². The molecule has 0 spiro atoms. The highest BCUT2D eigenvalue weighted by atomic mass is 32.1. The first kappa shape index (κ1) is 13.7. The average Bonchev–Trinajstić information content (AvgIpc) is 2.79. The van der Waals surface area contributed by atoms with Gasteiger partial charge in [0.1, 0.15) is 6.04 Å². The second-order valence-electron chi connectivity index (χ2n) is 3.54. The Hall–Kier alpha value is -1.40. The van der Waals surface area contributed by atoms with Crippen molar-refractivity contribution < 1.29 is 14.3 Å². The Kier molecular flexibility index (Phi) is 5.65. The number of esters is 1. The van der Waals surface area contributed by atoms with E-state index in [0.717, 1.165) is 5.56 Å². The zero-order chi connectivity index (χ0) is 12.7. The summed E-state index contributed by atoms with van der Waals surface area (Å²) in [5.74, 6) is -0.698. The fourth-order valence-electron chi connectivity index (χ4n) is 1.33. The van der Waals surface area contributed by atoms with Crippen LogP contribution >= 0.6 is 11.3 Å². The van der Waals surface area contributed by atoms with Crippen molar-refractivity contribution in [2.75, 3.05) is 13.7 Å². The summed E-state index contributed by atoms with van der Waals surface area (Å²) in [7, 11) is 1.30. The fraction of sp³-hybridized carbons (Fsp3) is 0.455. The molecule has 17 heavy (non-hydrogen) atoms. The molecule has 1 atom stereocenters. The molecule has 1 heterocycles. The third kappa shape index (κ3) is 4.97. The summed E-state index contributed by atoms with van der Waals surface area (Å²) in [5.41, 5.74) is 1.15. The molecule has 94 valence electrons. The summed E-state index contributed by atoms with van der Waals surface area (Å²) in [5, 5.41) is 9.65. The minimum atomic E-state index is -0.642. The number of rotatable bonds is 6. The summed E-state index contributed by atoms with van der Waals surface area (Å²) in [6.07, 6.45) is 0. The quantitative estimate of drug-likeness (QED) is 0.728. The van der Waals surface area contributed by atoms with E-state index in [2.05, 4.69) is 15.4 Å². The first-order valence-corrected chi connectivity index (χ1v) is 6.14. The molecule has 1 unspecified atom stereocenters. The molecule has 0 aromatic carbocycles. The van der Waals surface area contributed by atoms with Gasteiger partial charge in [0.25, 0.3) is 0 Å². The first-order valence-electron chi connectivity index (χ1n) is 5.20. The summed E-state index contributed by atoms with van der Waals surface area (Å²) in [6.45, 7) is 2.38. The van der Waals surface area contributed by atoms with Crippen molar-refractivity contribution in [3.8, 4) is 0 Å². The molecule has 2 N–H and O–H groups in total. The molecule has 5 nitrogen and oxygen atoms in total. The van der Waals surface area contributed by atoms with Gasteiger partial charge in [0, 0.05) is 20.0 Å². The van der Waals surface area contributed by atoms with Gasteiger partial charge in [0.2, 0.25) is 5.91 Å². The van der Waals surface area contributed by atoms with Crippen LogP contribution in [0.3, 0.4) is 0 Å². The lowest BCUT2D eigenvalue weighted by molar-refractivity contribution is -0.144. The van der Waals surface area contributed by atoms with Crippen LogP contribution in [0.5, 0.6) is 0 Å². The van der Waals surface area contributed by atoms with Crippen molar-refractivity contribution in [3.05, 3.63) is 22.4 Å². The van der Waals surface area contributed by atoms with Crippen LogP contribution in [0.2, 0.25) is 0 Å². The Morgan fingerprint density at radius 3 is 2.82 bits per heavy atom. The van der Waals surface area contributed by atoms with E-state index < -0.39 is 12.0 Å². The van der Waals surface area contributed by atoms with Gasteiger partial charge in [-0.05, 0) is 22.4 Å². The number of hydrogen-bond acceptors (Lipinski definition) is 5. The second kappa shape index (κ2) is 7.03. The van der Waals surface area contributed by atoms with Crippen LogP contribution in [0.4, 0.5) is 0 Å². The predicted octanol–water partition coefficient (Wildman–Crippen LogP) is 0.515. The molecular formula is C11H16N2O3S. The van der Waals surface area contributed by atoms with Gasteiger partial charge in [-0.15, -0.1) is 0 Å². The van der Waals surface area contributed by atoms with Crippen LogP contribution in [-0.4, -0.2) is 31.6 Å². The molecular weight excluding hydrogens is 240 g/mol. The Balaban J connectivity index is 2.38. The van der Waals surface area contributed by atoms with Gasteiger partial charge < -0.3 is 15.4 Å². The lowest BCUT2D eigenvalue weighted by Gasteiger charge is -2.15. The molecule has 0 radical (unpaired) electrons. The number of hydrogen-bond donors (Lipinski definition) is 2. The highest BCUT2D eigenvalue weighted by Crippen LogP contribution is 2.04. The van der Waals surface area contributed by atoms with E-state index >= 15 is 0 Å². The largest absolute Gasteiger partial charge is 0.467 e. The molecule has 0 aliphatic rings. The topological polar surface area (TPSA) is 67.4 Å². The SMILES string of the molecule is COC(=O)C(CNCc1ccsc1)NC(C)=O. The van der Waals surface area contributed by atoms with E-state index in [4.69, 9.17) is 0 Å². The number of carbonyl (C=O) groups excluding carboxylic acids is 2. The Labute approximate surface area is 104 Å². The van der Waals surface area contributed by atoms with Gasteiger partial charge >= 0.3 is 5.97 Å². The van der Waals surface area contributed by atoms with E-state index in [9.17, 15) is 9.59 Å². The predicted molar refractivity (Wildman–Crippen MR) is 65.6 cm³/mol. The average molecular weight is 256 g/mol. The molecule has 0 aliphatic heterocycles. The number of carbonyl (C=O) groups is 2. The third-order valence-electron chi connectivity index (χ3n) is 2.12. The summed E-state index contributed by atoms with van der Waals surface area (Å²) < 4.78 is 4.61. The number of ether oxygens (including phenoxy) is 1. The first-order chi connectivity index (χ1) is 8.13. The normalized spacial score (nSPS) is 11.9. The molecule has 0 saturated carbocycles. The van der Waals surface area contributed by atoms with Crippen molar-refractivity contribution in [2.24, 2.45) is 0 Å². The van der Waals surface area contributed by atoms with Gasteiger partial charge in [-0.3, -0.25) is 4.79 Å². The molecule has 1 amide bonds. The van der Waals surface area contributed by atoms with Crippen molar-refractivity contribution in [2.45, 2.75) is 19.5 Å². The van der Waals surface area contributed by atoms with Gasteiger partial charge in [-0.1, -0.05) is 0 Å². The van der Waals surface area contributed by atoms with Crippen molar-refractivity contribution in [1.82, 2.24) is 10.6 Å². The van der Waals surface area contributed by atoms with Crippen LogP contribution in [-0.2, 0) is 20.9 Å². The number of thiophene rings is 1. The minimum Gasteiger partial charge on any atom is -0.467 e. The van der Waals surface area contributed by atoms with Crippen molar-refractivity contribution in [3.63, 3.8) is 0 Å².